The van der Waals surface area contributed by atoms with Crippen molar-refractivity contribution in [2.24, 2.45) is 0 Å². The van der Waals surface area contributed by atoms with Crippen LogP contribution in [0.1, 0.15) is 16.7 Å². The molecule has 0 bridgehead atoms. The number of alkyl halides is 3. The van der Waals surface area contributed by atoms with E-state index in [-0.39, 0.29) is 16.9 Å². The van der Waals surface area contributed by atoms with Crippen molar-refractivity contribution in [3.05, 3.63) is 95.6 Å². The second-order valence-electron chi connectivity index (χ2n) is 6.64. The maximum Gasteiger partial charge on any atom is 0.417 e. The second kappa shape index (κ2) is 9.50. The third-order valence-corrected chi connectivity index (χ3v) is 4.52. The Hall–Kier alpha value is -3.25. The molecule has 30 heavy (non-hydrogen) atoms. The van der Waals surface area contributed by atoms with E-state index in [1.807, 2.05) is 7.05 Å². The van der Waals surface area contributed by atoms with Crippen LogP contribution in [0.15, 0.2) is 78.9 Å². The molecule has 6 heteroatoms. The number of benzene rings is 3. The van der Waals surface area contributed by atoms with E-state index in [4.69, 9.17) is 4.74 Å². The molecule has 3 rings (SSSR count). The highest BCUT2D eigenvalue weighted by atomic mass is 19.4. The Morgan fingerprint density at radius 3 is 1.93 bits per heavy atom. The monoisotopic (exact) mass is 413 g/mol. The molecular weight excluding hydrogens is 391 g/mol. The minimum atomic E-state index is -4.59. The number of nitrogens with one attached hydrogen (secondary N) is 1. The molecule has 0 radical (unpaired) electrons. The molecule has 0 fully saturated rings. The fourth-order valence-electron chi connectivity index (χ4n) is 3.13. The molecule has 0 heterocycles. The fourth-order valence-corrected chi connectivity index (χ4v) is 3.13. The fraction of sp³-hybridized carbons (Fsp3) is 0.167. The molecule has 156 valence electrons. The van der Waals surface area contributed by atoms with Gasteiger partial charge < -0.3 is 15.2 Å². The Bertz CT molecular complexity index is 980. The minimum Gasteiger partial charge on any atom is -0.508 e. The van der Waals surface area contributed by atoms with Gasteiger partial charge in [0.25, 0.3) is 0 Å². The Morgan fingerprint density at radius 1 is 0.833 bits per heavy atom. The molecule has 0 aliphatic heterocycles. The van der Waals surface area contributed by atoms with E-state index >= 15 is 0 Å². The molecular formula is C24H22F3NO2. The van der Waals surface area contributed by atoms with Crippen molar-refractivity contribution < 1.29 is 23.0 Å². The van der Waals surface area contributed by atoms with Crippen molar-refractivity contribution in [1.29, 1.82) is 0 Å². The van der Waals surface area contributed by atoms with Gasteiger partial charge in [-0.15, -0.1) is 0 Å². The summed E-state index contributed by atoms with van der Waals surface area (Å²) in [6.07, 6.45) is -4.59. The van der Waals surface area contributed by atoms with Crippen molar-refractivity contribution in [2.45, 2.75) is 6.18 Å². The van der Waals surface area contributed by atoms with Gasteiger partial charge in [-0.2, -0.15) is 13.2 Å². The zero-order chi connectivity index (χ0) is 21.6. The SMILES string of the molecule is CNCCOc1ccc(C(=C(c2ccccc2)C(F)(F)F)c2ccc(O)cc2)cc1. The predicted octanol–water partition coefficient (Wildman–Crippen LogP) is 5.51. The molecule has 0 aromatic heterocycles. The van der Waals surface area contributed by atoms with Crippen molar-refractivity contribution in [2.75, 3.05) is 20.2 Å². The Kier molecular flexibility index (Phi) is 6.79. The lowest BCUT2D eigenvalue weighted by Crippen LogP contribution is -2.16. The number of phenolic OH excluding ortho intramolecular Hbond substituents is 1. The number of rotatable bonds is 7. The van der Waals surface area contributed by atoms with Crippen LogP contribution in [0.3, 0.4) is 0 Å². The summed E-state index contributed by atoms with van der Waals surface area (Å²) in [7, 11) is 1.81. The molecule has 0 aliphatic carbocycles. The summed E-state index contributed by atoms with van der Waals surface area (Å²) in [4.78, 5) is 0. The number of likely N-dealkylation sites (N-methyl/N-ethyl adjacent to an activating group) is 1. The number of phenols is 1. The molecule has 0 spiro atoms. The third-order valence-electron chi connectivity index (χ3n) is 4.52. The lowest BCUT2D eigenvalue weighted by molar-refractivity contribution is -0.0685. The second-order valence-corrected chi connectivity index (χ2v) is 6.64. The first-order valence-corrected chi connectivity index (χ1v) is 9.44. The highest BCUT2D eigenvalue weighted by molar-refractivity contribution is 6.00. The van der Waals surface area contributed by atoms with Gasteiger partial charge in [-0.05, 0) is 48.0 Å². The Labute approximate surface area is 173 Å². The smallest absolute Gasteiger partial charge is 0.417 e. The first kappa shape index (κ1) is 21.5. The number of ether oxygens (including phenoxy) is 1. The highest BCUT2D eigenvalue weighted by Gasteiger charge is 2.38. The van der Waals surface area contributed by atoms with E-state index in [9.17, 15) is 18.3 Å². The summed E-state index contributed by atoms with van der Waals surface area (Å²) in [6, 6.07) is 20.0. The van der Waals surface area contributed by atoms with Gasteiger partial charge in [0, 0.05) is 12.1 Å². The van der Waals surface area contributed by atoms with Crippen LogP contribution in [0.2, 0.25) is 0 Å². The molecule has 0 aliphatic rings. The van der Waals surface area contributed by atoms with E-state index in [2.05, 4.69) is 5.32 Å². The van der Waals surface area contributed by atoms with E-state index in [1.54, 1.807) is 42.5 Å². The van der Waals surface area contributed by atoms with Crippen LogP contribution in [0.4, 0.5) is 13.2 Å². The summed E-state index contributed by atoms with van der Waals surface area (Å²) in [5.41, 5.74) is 0.126. The van der Waals surface area contributed by atoms with E-state index < -0.39 is 11.7 Å². The number of hydrogen-bond acceptors (Lipinski definition) is 3. The lowest BCUT2D eigenvalue weighted by atomic mass is 9.89. The molecule has 0 saturated carbocycles. The van der Waals surface area contributed by atoms with Gasteiger partial charge in [-0.1, -0.05) is 54.6 Å². The average Bonchev–Trinajstić information content (AvgIpc) is 2.73. The van der Waals surface area contributed by atoms with Gasteiger partial charge >= 0.3 is 6.18 Å². The highest BCUT2D eigenvalue weighted by Crippen LogP contribution is 2.43. The maximum absolute atomic E-state index is 14.3. The number of hydrogen-bond donors (Lipinski definition) is 2. The summed E-state index contributed by atoms with van der Waals surface area (Å²) in [5, 5.41) is 12.6. The van der Waals surface area contributed by atoms with Crippen LogP contribution < -0.4 is 10.1 Å². The molecule has 0 unspecified atom stereocenters. The van der Waals surface area contributed by atoms with Crippen LogP contribution >= 0.6 is 0 Å². The van der Waals surface area contributed by atoms with Gasteiger partial charge in [0.05, 0.1) is 5.57 Å². The molecule has 0 saturated heterocycles. The zero-order valence-electron chi connectivity index (χ0n) is 16.4. The van der Waals surface area contributed by atoms with Gasteiger partial charge in [0.2, 0.25) is 0 Å². The van der Waals surface area contributed by atoms with Crippen molar-refractivity contribution in [3.8, 4) is 11.5 Å². The summed E-state index contributed by atoms with van der Waals surface area (Å²) >= 11 is 0. The molecule has 0 atom stereocenters. The third kappa shape index (κ3) is 5.21. The van der Waals surface area contributed by atoms with Crippen molar-refractivity contribution >= 4 is 11.1 Å². The van der Waals surface area contributed by atoms with Crippen LogP contribution in [-0.2, 0) is 0 Å². The van der Waals surface area contributed by atoms with Crippen LogP contribution in [0.25, 0.3) is 11.1 Å². The summed E-state index contributed by atoms with van der Waals surface area (Å²) < 4.78 is 48.3. The topological polar surface area (TPSA) is 41.5 Å². The summed E-state index contributed by atoms with van der Waals surface area (Å²) in [6.45, 7) is 1.11. The van der Waals surface area contributed by atoms with E-state index in [0.717, 1.165) is 0 Å². The van der Waals surface area contributed by atoms with Gasteiger partial charge in [0.15, 0.2) is 0 Å². The summed E-state index contributed by atoms with van der Waals surface area (Å²) in [5.74, 6) is 0.562. The number of aromatic hydroxyl groups is 1. The average molecular weight is 413 g/mol. The van der Waals surface area contributed by atoms with Gasteiger partial charge in [-0.25, -0.2) is 0 Å². The molecule has 0 amide bonds. The van der Waals surface area contributed by atoms with Crippen molar-refractivity contribution in [3.63, 3.8) is 0 Å². The minimum absolute atomic E-state index is 0.0142. The maximum atomic E-state index is 14.3. The Morgan fingerprint density at radius 2 is 1.40 bits per heavy atom. The van der Waals surface area contributed by atoms with Crippen LogP contribution in [0, 0.1) is 0 Å². The van der Waals surface area contributed by atoms with Crippen molar-refractivity contribution in [1.82, 2.24) is 5.32 Å². The standard InChI is InChI=1S/C24H22F3NO2/c1-28-15-16-30-21-13-9-18(10-14-21)22(17-7-11-20(29)12-8-17)23(24(25,26)27)19-5-3-2-4-6-19/h2-14,28-29H,15-16H2,1H3. The van der Waals surface area contributed by atoms with E-state index in [1.165, 1.54) is 36.4 Å². The van der Waals surface area contributed by atoms with E-state index in [0.29, 0.717) is 30.0 Å². The van der Waals surface area contributed by atoms with Crippen LogP contribution in [-0.4, -0.2) is 31.5 Å². The molecule has 3 aromatic carbocycles. The molecule has 2 N–H and O–H groups in total. The Balaban J connectivity index is 2.17. The lowest BCUT2D eigenvalue weighted by Gasteiger charge is -2.20. The quantitative estimate of drug-likeness (QED) is 0.396. The van der Waals surface area contributed by atoms with Gasteiger partial charge in [-0.3, -0.25) is 0 Å². The first-order chi connectivity index (χ1) is 14.4. The first-order valence-electron chi connectivity index (χ1n) is 9.44. The van der Waals surface area contributed by atoms with Gasteiger partial charge in [0.1, 0.15) is 18.1 Å². The normalized spacial score (nSPS) is 12.4. The van der Waals surface area contributed by atoms with Crippen LogP contribution in [0.5, 0.6) is 11.5 Å². The largest absolute Gasteiger partial charge is 0.508 e. The number of allylic oxidation sites excluding steroid dienone is 1. The molecule has 3 nitrogen and oxygen atoms in total. The zero-order valence-corrected chi connectivity index (χ0v) is 16.4. The number of halogens is 3. The predicted molar refractivity (Wildman–Crippen MR) is 112 cm³/mol. The molecule has 3 aromatic rings.